The van der Waals surface area contributed by atoms with Gasteiger partial charge in [0.1, 0.15) is 17.4 Å². The lowest BCUT2D eigenvalue weighted by molar-refractivity contribution is -0.123. The van der Waals surface area contributed by atoms with E-state index in [1.54, 1.807) is 6.26 Å². The maximum absolute atomic E-state index is 12.1. The van der Waals surface area contributed by atoms with Gasteiger partial charge in [0.05, 0.1) is 18.8 Å². The minimum Gasteiger partial charge on any atom is -0.467 e. The molecule has 0 aromatic carbocycles. The van der Waals surface area contributed by atoms with Crippen LogP contribution in [-0.4, -0.2) is 33.3 Å². The summed E-state index contributed by atoms with van der Waals surface area (Å²) in [6.07, 6.45) is 4.54. The number of aromatic nitrogens is 3. The van der Waals surface area contributed by atoms with E-state index in [4.69, 9.17) is 4.42 Å². The number of fused-ring (bicyclic) bond motifs is 1. The molecule has 1 amide bonds. The standard InChI is InChI=1S/C17H25N5O2/c1-3-15-20-21-16-7-6-13(11-22(15)16)9-18-12(2)17(23)19-10-14-5-4-8-24-14/h4-5,8,12-13,18H,3,6-7,9-11H2,1-2H3,(H,19,23)/t12-,13-/m0/s1. The number of furan rings is 1. The first kappa shape index (κ1) is 16.7. The van der Waals surface area contributed by atoms with Gasteiger partial charge in [-0.05, 0) is 31.4 Å². The molecule has 2 aromatic rings. The van der Waals surface area contributed by atoms with E-state index in [1.165, 1.54) is 0 Å². The van der Waals surface area contributed by atoms with Gasteiger partial charge in [0.25, 0.3) is 0 Å². The first-order valence-electron chi connectivity index (χ1n) is 8.61. The van der Waals surface area contributed by atoms with Crippen molar-refractivity contribution >= 4 is 5.91 Å². The molecule has 130 valence electrons. The number of amides is 1. The topological polar surface area (TPSA) is 85.0 Å². The molecular weight excluding hydrogens is 306 g/mol. The molecule has 0 spiro atoms. The average Bonchev–Trinajstić information content (AvgIpc) is 3.26. The van der Waals surface area contributed by atoms with E-state index in [0.717, 1.165) is 49.8 Å². The summed E-state index contributed by atoms with van der Waals surface area (Å²) in [6, 6.07) is 3.44. The Balaban J connectivity index is 1.44. The van der Waals surface area contributed by atoms with E-state index in [2.05, 4.69) is 32.3 Å². The van der Waals surface area contributed by atoms with Gasteiger partial charge >= 0.3 is 0 Å². The van der Waals surface area contributed by atoms with Crippen LogP contribution in [0.25, 0.3) is 0 Å². The lowest BCUT2D eigenvalue weighted by Gasteiger charge is -2.25. The lowest BCUT2D eigenvalue weighted by atomic mass is 9.99. The molecule has 2 atom stereocenters. The summed E-state index contributed by atoms with van der Waals surface area (Å²) in [5.41, 5.74) is 0. The number of carbonyl (C=O) groups is 1. The van der Waals surface area contributed by atoms with Gasteiger partial charge in [0.2, 0.25) is 5.91 Å². The molecule has 3 rings (SSSR count). The van der Waals surface area contributed by atoms with Crippen LogP contribution < -0.4 is 10.6 Å². The third-order valence-electron chi connectivity index (χ3n) is 4.56. The molecule has 0 bridgehead atoms. The molecule has 0 unspecified atom stereocenters. The van der Waals surface area contributed by atoms with Crippen LogP contribution in [0.3, 0.4) is 0 Å². The zero-order valence-corrected chi connectivity index (χ0v) is 14.3. The highest BCUT2D eigenvalue weighted by atomic mass is 16.3. The molecule has 0 saturated heterocycles. The van der Waals surface area contributed by atoms with Crippen molar-refractivity contribution < 1.29 is 9.21 Å². The van der Waals surface area contributed by atoms with E-state index in [0.29, 0.717) is 12.5 Å². The molecule has 24 heavy (non-hydrogen) atoms. The summed E-state index contributed by atoms with van der Waals surface area (Å²) in [5.74, 6) is 3.39. The minimum atomic E-state index is -0.229. The Morgan fingerprint density at radius 3 is 3.12 bits per heavy atom. The van der Waals surface area contributed by atoms with Gasteiger partial charge in [0.15, 0.2) is 0 Å². The summed E-state index contributed by atoms with van der Waals surface area (Å²) in [4.78, 5) is 12.1. The van der Waals surface area contributed by atoms with Gasteiger partial charge in [-0.2, -0.15) is 0 Å². The Labute approximate surface area is 141 Å². The minimum absolute atomic E-state index is 0.0126. The van der Waals surface area contributed by atoms with Gasteiger partial charge < -0.3 is 19.6 Å². The largest absolute Gasteiger partial charge is 0.467 e. The van der Waals surface area contributed by atoms with Crippen LogP contribution in [0.15, 0.2) is 22.8 Å². The Morgan fingerprint density at radius 1 is 1.50 bits per heavy atom. The molecule has 7 nitrogen and oxygen atoms in total. The van der Waals surface area contributed by atoms with Gasteiger partial charge in [-0.25, -0.2) is 0 Å². The molecule has 2 aromatic heterocycles. The van der Waals surface area contributed by atoms with Crippen LogP contribution in [-0.2, 0) is 30.7 Å². The number of hydrogen-bond donors (Lipinski definition) is 2. The quantitative estimate of drug-likeness (QED) is 0.798. The molecule has 0 aliphatic carbocycles. The van der Waals surface area contributed by atoms with Crippen LogP contribution in [0.1, 0.15) is 37.7 Å². The predicted octanol–water partition coefficient (Wildman–Crippen LogP) is 1.29. The van der Waals surface area contributed by atoms with E-state index in [9.17, 15) is 4.79 Å². The summed E-state index contributed by atoms with van der Waals surface area (Å²) in [6.45, 7) is 6.16. The highest BCUT2D eigenvalue weighted by molar-refractivity contribution is 5.81. The van der Waals surface area contributed by atoms with Crippen molar-refractivity contribution in [1.29, 1.82) is 0 Å². The van der Waals surface area contributed by atoms with Crippen LogP contribution in [0, 0.1) is 5.92 Å². The second-order valence-electron chi connectivity index (χ2n) is 6.33. The van der Waals surface area contributed by atoms with Crippen LogP contribution in [0.5, 0.6) is 0 Å². The number of rotatable bonds is 7. The fourth-order valence-corrected chi connectivity index (χ4v) is 3.06. The molecular formula is C17H25N5O2. The van der Waals surface area contributed by atoms with Crippen LogP contribution in [0.4, 0.5) is 0 Å². The van der Waals surface area contributed by atoms with Crippen molar-refractivity contribution in [3.8, 4) is 0 Å². The zero-order chi connectivity index (χ0) is 16.9. The summed E-state index contributed by atoms with van der Waals surface area (Å²) in [5, 5.41) is 14.7. The number of nitrogens with one attached hydrogen (secondary N) is 2. The molecule has 0 radical (unpaired) electrons. The molecule has 3 heterocycles. The van der Waals surface area contributed by atoms with E-state index >= 15 is 0 Å². The molecule has 0 saturated carbocycles. The molecule has 0 fully saturated rings. The fraction of sp³-hybridized carbons (Fsp3) is 0.588. The predicted molar refractivity (Wildman–Crippen MR) is 89.2 cm³/mol. The smallest absolute Gasteiger partial charge is 0.237 e. The maximum Gasteiger partial charge on any atom is 0.237 e. The number of carbonyl (C=O) groups excluding carboxylic acids is 1. The van der Waals surface area contributed by atoms with Crippen molar-refractivity contribution in [1.82, 2.24) is 25.4 Å². The van der Waals surface area contributed by atoms with Crippen molar-refractivity contribution in [3.63, 3.8) is 0 Å². The van der Waals surface area contributed by atoms with Crippen LogP contribution >= 0.6 is 0 Å². The van der Waals surface area contributed by atoms with Crippen molar-refractivity contribution in [2.45, 2.75) is 52.2 Å². The number of hydrogen-bond acceptors (Lipinski definition) is 5. The highest BCUT2D eigenvalue weighted by Crippen LogP contribution is 2.19. The van der Waals surface area contributed by atoms with E-state index < -0.39 is 0 Å². The Hall–Kier alpha value is -2.15. The van der Waals surface area contributed by atoms with Gasteiger partial charge in [0, 0.05) is 25.9 Å². The second kappa shape index (κ2) is 7.61. The Morgan fingerprint density at radius 2 is 2.38 bits per heavy atom. The van der Waals surface area contributed by atoms with E-state index in [-0.39, 0.29) is 11.9 Å². The van der Waals surface area contributed by atoms with Gasteiger partial charge in [-0.15, -0.1) is 10.2 Å². The van der Waals surface area contributed by atoms with Crippen molar-refractivity contribution in [2.24, 2.45) is 5.92 Å². The monoisotopic (exact) mass is 331 g/mol. The zero-order valence-electron chi connectivity index (χ0n) is 14.3. The molecule has 1 aliphatic rings. The van der Waals surface area contributed by atoms with Crippen LogP contribution in [0.2, 0.25) is 0 Å². The van der Waals surface area contributed by atoms with Crippen molar-refractivity contribution in [3.05, 3.63) is 35.8 Å². The highest BCUT2D eigenvalue weighted by Gasteiger charge is 2.23. The molecule has 7 heteroatoms. The maximum atomic E-state index is 12.1. The van der Waals surface area contributed by atoms with Gasteiger partial charge in [-0.1, -0.05) is 6.92 Å². The Bertz CT molecular complexity index is 651. The second-order valence-corrected chi connectivity index (χ2v) is 6.33. The number of aryl methyl sites for hydroxylation is 2. The molecule has 1 aliphatic heterocycles. The van der Waals surface area contributed by atoms with Gasteiger partial charge in [-0.3, -0.25) is 4.79 Å². The normalized spacial score (nSPS) is 18.2. The first-order valence-corrected chi connectivity index (χ1v) is 8.61. The SMILES string of the molecule is CCc1nnc2n1C[C@H](CN[C@@H](C)C(=O)NCc1ccco1)CC2. The first-order chi connectivity index (χ1) is 11.7. The molecule has 2 N–H and O–H groups in total. The third-order valence-corrected chi connectivity index (χ3v) is 4.56. The summed E-state index contributed by atoms with van der Waals surface area (Å²) >= 11 is 0. The average molecular weight is 331 g/mol. The number of nitrogens with zero attached hydrogens (tertiary/aromatic N) is 3. The third kappa shape index (κ3) is 3.84. The lowest BCUT2D eigenvalue weighted by Crippen LogP contribution is -2.44. The van der Waals surface area contributed by atoms with E-state index in [1.807, 2.05) is 19.1 Å². The summed E-state index contributed by atoms with van der Waals surface area (Å²) in [7, 11) is 0. The summed E-state index contributed by atoms with van der Waals surface area (Å²) < 4.78 is 7.45. The van der Waals surface area contributed by atoms with Crippen molar-refractivity contribution in [2.75, 3.05) is 6.54 Å². The Kier molecular flexibility index (Phi) is 5.30. The fourth-order valence-electron chi connectivity index (χ4n) is 3.06.